The van der Waals surface area contributed by atoms with E-state index in [2.05, 4.69) is 32.4 Å². The monoisotopic (exact) mass is 396 g/mol. The molecule has 0 unspecified atom stereocenters. The maximum atomic E-state index is 12.3. The molecule has 2 amide bonds. The third kappa shape index (κ3) is 5.39. The Morgan fingerprint density at radius 1 is 0.933 bits per heavy atom. The van der Waals surface area contributed by atoms with Gasteiger partial charge >= 0.3 is 6.03 Å². The van der Waals surface area contributed by atoms with E-state index in [0.717, 1.165) is 35.6 Å². The summed E-state index contributed by atoms with van der Waals surface area (Å²) in [5.74, 6) is 7.26. The van der Waals surface area contributed by atoms with E-state index in [9.17, 15) is 4.79 Å². The van der Waals surface area contributed by atoms with Gasteiger partial charge in [0.25, 0.3) is 0 Å². The van der Waals surface area contributed by atoms with Crippen LogP contribution in [0.25, 0.3) is 0 Å². The normalized spacial score (nSPS) is 12.7. The summed E-state index contributed by atoms with van der Waals surface area (Å²) in [6, 6.07) is 21.1. The molecule has 1 aromatic heterocycles. The third-order valence-corrected chi connectivity index (χ3v) is 4.94. The van der Waals surface area contributed by atoms with Crippen molar-refractivity contribution in [1.82, 2.24) is 10.3 Å². The van der Waals surface area contributed by atoms with Gasteiger partial charge in [-0.15, -0.1) is 0 Å². The van der Waals surface area contributed by atoms with Crippen molar-refractivity contribution in [2.75, 3.05) is 23.3 Å². The fourth-order valence-corrected chi connectivity index (χ4v) is 3.35. The molecule has 0 spiro atoms. The Balaban J connectivity index is 1.30. The van der Waals surface area contributed by atoms with Crippen molar-refractivity contribution < 1.29 is 4.79 Å². The fraction of sp³-hybridized carbons (Fsp3) is 0.200. The summed E-state index contributed by atoms with van der Waals surface area (Å²) in [7, 11) is 0. The van der Waals surface area contributed by atoms with Gasteiger partial charge in [-0.3, -0.25) is 0 Å². The molecule has 0 radical (unpaired) electrons. The Labute approximate surface area is 177 Å². The number of urea groups is 1. The highest BCUT2D eigenvalue weighted by Crippen LogP contribution is 2.17. The summed E-state index contributed by atoms with van der Waals surface area (Å²) in [5, 5.41) is 5.73. The Morgan fingerprint density at radius 3 is 2.47 bits per heavy atom. The van der Waals surface area contributed by atoms with Crippen LogP contribution in [0.4, 0.5) is 16.3 Å². The zero-order valence-electron chi connectivity index (χ0n) is 16.8. The summed E-state index contributed by atoms with van der Waals surface area (Å²) in [5.41, 5.74) is 3.47. The van der Waals surface area contributed by atoms with Crippen LogP contribution in [0.15, 0.2) is 72.9 Å². The number of pyridine rings is 1. The number of rotatable bonds is 4. The van der Waals surface area contributed by atoms with Gasteiger partial charge < -0.3 is 15.5 Å². The van der Waals surface area contributed by atoms with Crippen LogP contribution in [0, 0.1) is 11.8 Å². The fourth-order valence-electron chi connectivity index (χ4n) is 3.35. The van der Waals surface area contributed by atoms with Crippen molar-refractivity contribution in [3.63, 3.8) is 0 Å². The molecule has 0 saturated carbocycles. The van der Waals surface area contributed by atoms with E-state index in [1.165, 1.54) is 12.8 Å². The first-order chi connectivity index (χ1) is 14.8. The first kappa shape index (κ1) is 19.5. The quantitative estimate of drug-likeness (QED) is 0.643. The second-order valence-corrected chi connectivity index (χ2v) is 7.22. The van der Waals surface area contributed by atoms with Crippen molar-refractivity contribution in [3.8, 4) is 11.8 Å². The highest BCUT2D eigenvalue weighted by molar-refractivity contribution is 5.89. The van der Waals surface area contributed by atoms with Gasteiger partial charge in [0.05, 0.1) is 0 Å². The van der Waals surface area contributed by atoms with Crippen LogP contribution in [0.3, 0.4) is 0 Å². The minimum atomic E-state index is -0.258. The molecule has 0 aliphatic carbocycles. The smallest absolute Gasteiger partial charge is 0.319 e. The molecule has 30 heavy (non-hydrogen) atoms. The predicted molar refractivity (Wildman–Crippen MR) is 120 cm³/mol. The van der Waals surface area contributed by atoms with Gasteiger partial charge in [0.2, 0.25) is 0 Å². The summed E-state index contributed by atoms with van der Waals surface area (Å²) in [6.45, 7) is 2.57. The molecule has 1 aliphatic rings. The van der Waals surface area contributed by atoms with E-state index in [4.69, 9.17) is 0 Å². The van der Waals surface area contributed by atoms with Crippen molar-refractivity contribution in [2.45, 2.75) is 19.4 Å². The number of benzene rings is 2. The lowest BCUT2D eigenvalue weighted by Gasteiger charge is -2.16. The van der Waals surface area contributed by atoms with Crippen molar-refractivity contribution in [1.29, 1.82) is 0 Å². The van der Waals surface area contributed by atoms with E-state index in [1.807, 2.05) is 72.9 Å². The Bertz CT molecular complexity index is 1050. The molecule has 2 heterocycles. The topological polar surface area (TPSA) is 57.3 Å². The van der Waals surface area contributed by atoms with Crippen LogP contribution in [-0.2, 0) is 6.54 Å². The molecule has 0 bridgehead atoms. The van der Waals surface area contributed by atoms with Gasteiger partial charge in [-0.05, 0) is 54.8 Å². The maximum absolute atomic E-state index is 12.3. The minimum Gasteiger partial charge on any atom is -0.357 e. The van der Waals surface area contributed by atoms with Gasteiger partial charge in [0, 0.05) is 42.6 Å². The number of hydrogen-bond acceptors (Lipinski definition) is 3. The molecule has 2 aromatic carbocycles. The number of nitrogens with one attached hydrogen (secondary N) is 2. The molecule has 0 atom stereocenters. The van der Waals surface area contributed by atoms with Crippen LogP contribution < -0.4 is 15.5 Å². The first-order valence-corrected chi connectivity index (χ1v) is 10.2. The van der Waals surface area contributed by atoms with E-state index in [0.29, 0.717) is 12.2 Å². The molecule has 4 rings (SSSR count). The van der Waals surface area contributed by atoms with Gasteiger partial charge in [-0.1, -0.05) is 42.2 Å². The molecule has 5 heteroatoms. The largest absolute Gasteiger partial charge is 0.357 e. The molecular formula is C25H24N4O. The number of amides is 2. The Kier molecular flexibility index (Phi) is 6.26. The van der Waals surface area contributed by atoms with Crippen molar-refractivity contribution >= 4 is 17.5 Å². The predicted octanol–water partition coefficient (Wildman–Crippen LogP) is 4.40. The average molecular weight is 396 g/mol. The molecule has 150 valence electrons. The van der Waals surface area contributed by atoms with E-state index >= 15 is 0 Å². The number of nitrogens with zero attached hydrogens (tertiary/aromatic N) is 2. The summed E-state index contributed by atoms with van der Waals surface area (Å²) < 4.78 is 0. The second-order valence-electron chi connectivity index (χ2n) is 7.22. The number of carbonyl (C=O) groups is 1. The van der Waals surface area contributed by atoms with Crippen LogP contribution >= 0.6 is 0 Å². The van der Waals surface area contributed by atoms with E-state index in [1.54, 1.807) is 0 Å². The highest BCUT2D eigenvalue weighted by Gasteiger charge is 2.13. The maximum Gasteiger partial charge on any atom is 0.319 e. The second kappa shape index (κ2) is 9.62. The Morgan fingerprint density at radius 2 is 1.70 bits per heavy atom. The van der Waals surface area contributed by atoms with E-state index in [-0.39, 0.29) is 6.03 Å². The molecule has 1 saturated heterocycles. The molecular weight excluding hydrogens is 372 g/mol. The summed E-state index contributed by atoms with van der Waals surface area (Å²) >= 11 is 0. The van der Waals surface area contributed by atoms with Crippen LogP contribution in [0.1, 0.15) is 29.5 Å². The molecule has 1 aliphatic heterocycles. The van der Waals surface area contributed by atoms with Crippen molar-refractivity contribution in [2.24, 2.45) is 0 Å². The Hall–Kier alpha value is -3.78. The first-order valence-electron chi connectivity index (χ1n) is 10.2. The number of anilines is 2. The van der Waals surface area contributed by atoms with Crippen LogP contribution in [0.5, 0.6) is 0 Å². The van der Waals surface area contributed by atoms with Crippen LogP contribution in [-0.4, -0.2) is 24.1 Å². The molecule has 5 nitrogen and oxygen atoms in total. The zero-order chi connectivity index (χ0) is 20.6. The molecule has 1 fully saturated rings. The zero-order valence-corrected chi connectivity index (χ0v) is 16.8. The minimum absolute atomic E-state index is 0.258. The van der Waals surface area contributed by atoms with Gasteiger partial charge in [0.15, 0.2) is 0 Å². The lowest BCUT2D eigenvalue weighted by Crippen LogP contribution is -2.28. The van der Waals surface area contributed by atoms with Gasteiger partial charge in [0.1, 0.15) is 5.82 Å². The molecule has 2 N–H and O–H groups in total. The lowest BCUT2D eigenvalue weighted by atomic mass is 10.1. The van der Waals surface area contributed by atoms with Gasteiger partial charge in [-0.25, -0.2) is 9.78 Å². The SMILES string of the molecule is O=C(NCc1ccc(N2CCCC2)nc1)Nc1cccc(C#Cc2ccccc2)c1. The van der Waals surface area contributed by atoms with Crippen molar-refractivity contribution in [3.05, 3.63) is 89.6 Å². The molecule has 3 aromatic rings. The standard InChI is InChI=1S/C25H24N4O/c30-25(27-19-22-13-14-24(26-18-22)29-15-4-5-16-29)28-23-10-6-9-21(17-23)12-11-20-7-2-1-3-8-20/h1-3,6-10,13-14,17-18H,4-5,15-16,19H2,(H2,27,28,30). The summed E-state index contributed by atoms with van der Waals surface area (Å²) in [6.07, 6.45) is 4.28. The number of aromatic nitrogens is 1. The lowest BCUT2D eigenvalue weighted by molar-refractivity contribution is 0.251. The van der Waals surface area contributed by atoms with Gasteiger partial charge in [-0.2, -0.15) is 0 Å². The van der Waals surface area contributed by atoms with Crippen LogP contribution in [0.2, 0.25) is 0 Å². The van der Waals surface area contributed by atoms with E-state index < -0.39 is 0 Å². The number of hydrogen-bond donors (Lipinski definition) is 2. The number of carbonyl (C=O) groups excluding carboxylic acids is 1. The third-order valence-electron chi connectivity index (χ3n) is 4.94. The highest BCUT2D eigenvalue weighted by atomic mass is 16.2. The average Bonchev–Trinajstić information content (AvgIpc) is 3.33. The summed E-state index contributed by atoms with van der Waals surface area (Å²) in [4.78, 5) is 19.1.